The number of benzene rings is 1. The summed E-state index contributed by atoms with van der Waals surface area (Å²) in [7, 11) is 0. The summed E-state index contributed by atoms with van der Waals surface area (Å²) in [6.45, 7) is 69.5. The molecule has 368 valence electrons. The van der Waals surface area contributed by atoms with E-state index in [1.165, 1.54) is 33.5 Å². The molecule has 1 aromatic carbocycles. The van der Waals surface area contributed by atoms with Gasteiger partial charge in [0.25, 0.3) is 0 Å². The third-order valence-electron chi connectivity index (χ3n) is 9.43. The molecule has 0 radical (unpaired) electrons. The van der Waals surface area contributed by atoms with Gasteiger partial charge in [0.2, 0.25) is 0 Å². The van der Waals surface area contributed by atoms with Crippen molar-refractivity contribution in [2.45, 2.75) is 265 Å². The maximum atomic E-state index is 4.52. The summed E-state index contributed by atoms with van der Waals surface area (Å²) in [6, 6.07) is 15.1. The summed E-state index contributed by atoms with van der Waals surface area (Å²) in [5.41, 5.74) is 11.8. The van der Waals surface area contributed by atoms with Crippen molar-refractivity contribution in [3.63, 3.8) is 0 Å². The van der Waals surface area contributed by atoms with Crippen LogP contribution in [0.3, 0.4) is 0 Å². The van der Waals surface area contributed by atoms with Crippen molar-refractivity contribution in [2.24, 2.45) is 0 Å². The van der Waals surface area contributed by atoms with Crippen molar-refractivity contribution in [1.82, 2.24) is 19.9 Å². The second kappa shape index (κ2) is 28.6. The maximum absolute atomic E-state index is 4.52. The average Bonchev–Trinajstić information content (AvgIpc) is 3.19. The van der Waals surface area contributed by atoms with Crippen LogP contribution in [-0.2, 0) is 43.3 Å². The number of aromatic nitrogens is 4. The molecule has 3 heterocycles. The number of hydrogen-bond donors (Lipinski definition) is 0. The van der Waals surface area contributed by atoms with Crippen LogP contribution in [0.1, 0.15) is 266 Å². The molecule has 0 aliphatic carbocycles. The van der Waals surface area contributed by atoms with Crippen LogP contribution in [0, 0.1) is 0 Å². The Kier molecular flexibility index (Phi) is 30.0. The lowest BCUT2D eigenvalue weighted by Gasteiger charge is -2.29. The number of rotatable bonds is 0. The van der Waals surface area contributed by atoms with Crippen LogP contribution in [0.25, 0.3) is 0 Å². The second-order valence-electron chi connectivity index (χ2n) is 23.6. The van der Waals surface area contributed by atoms with Gasteiger partial charge in [-0.3, -0.25) is 19.9 Å². The molecule has 4 heteroatoms. The molecule has 0 spiro atoms. The van der Waals surface area contributed by atoms with E-state index in [0.717, 1.165) is 11.4 Å². The molecule has 3 aromatic heterocycles. The minimum absolute atomic E-state index is 0.0663. The third-order valence-corrected chi connectivity index (χ3v) is 9.43. The molecule has 0 aliphatic heterocycles. The Hall–Kier alpha value is -3.40. The topological polar surface area (TPSA) is 51.6 Å². The molecule has 4 rings (SSSR count). The standard InChI is InChI=1S/C14H22.2C13H21N.C12H20N2.4C2H6/c1-13(2,3)11-9-7-8-10-12(11)14(4,5)6;1-12(2,3)10-7-8-14-9-11(10)13(4,5)6;1-12(2,3)10-8-7-9-14-11(10)13(4,5)6;1-11(2,3)9-10(12(4,5)6)14-8-7-13-9;4*1-2/h7-10H,1-6H3;2*7-9H,1-6H3;7-8H,1-6H3;4*1-2H3. The molecule has 0 N–H and O–H groups in total. The Morgan fingerprint density at radius 3 is 0.766 bits per heavy atom. The summed E-state index contributed by atoms with van der Waals surface area (Å²) in [5.74, 6) is 0. The van der Waals surface area contributed by atoms with Gasteiger partial charge in [0.05, 0.1) is 11.4 Å². The normalized spacial score (nSPS) is 11.8. The molecular formula is C60H108N4. The number of hydrogen-bond acceptors (Lipinski definition) is 4. The highest BCUT2D eigenvalue weighted by molar-refractivity contribution is 5.38. The van der Waals surface area contributed by atoms with Crippen molar-refractivity contribution in [3.8, 4) is 0 Å². The highest BCUT2D eigenvalue weighted by Crippen LogP contribution is 2.35. The SMILES string of the molecule is CC.CC.CC.CC.CC(C)(C)c1ccccc1C(C)(C)C.CC(C)(C)c1cccnc1C(C)(C)C.CC(C)(C)c1ccncc1C(C)(C)C.CC(C)(C)c1nccnc1C(C)(C)C. The van der Waals surface area contributed by atoms with Gasteiger partial charge in [-0.2, -0.15) is 0 Å². The van der Waals surface area contributed by atoms with E-state index in [1.807, 2.05) is 80.0 Å². The van der Waals surface area contributed by atoms with Crippen molar-refractivity contribution in [3.05, 3.63) is 118 Å². The lowest BCUT2D eigenvalue weighted by atomic mass is 9.75. The molecule has 4 nitrogen and oxygen atoms in total. The fourth-order valence-electron chi connectivity index (χ4n) is 6.48. The Morgan fingerprint density at radius 1 is 0.250 bits per heavy atom. The zero-order chi connectivity index (χ0) is 51.9. The maximum Gasteiger partial charge on any atom is 0.0677 e. The minimum atomic E-state index is 0.0663. The largest absolute Gasteiger partial charge is 0.264 e. The van der Waals surface area contributed by atoms with E-state index in [-0.39, 0.29) is 43.3 Å². The van der Waals surface area contributed by atoms with Crippen LogP contribution in [0.4, 0.5) is 0 Å². The summed E-state index contributed by atoms with van der Waals surface area (Å²) in [6.07, 6.45) is 9.32. The summed E-state index contributed by atoms with van der Waals surface area (Å²) < 4.78 is 0. The number of nitrogens with zero attached hydrogens (tertiary/aromatic N) is 4. The monoisotopic (exact) mass is 885 g/mol. The second-order valence-corrected chi connectivity index (χ2v) is 23.6. The van der Waals surface area contributed by atoms with E-state index in [4.69, 9.17) is 0 Å². The first-order chi connectivity index (χ1) is 28.9. The van der Waals surface area contributed by atoms with E-state index in [2.05, 4.69) is 223 Å². The van der Waals surface area contributed by atoms with Crippen molar-refractivity contribution >= 4 is 0 Å². The van der Waals surface area contributed by atoms with E-state index in [0.29, 0.717) is 0 Å². The van der Waals surface area contributed by atoms with E-state index >= 15 is 0 Å². The van der Waals surface area contributed by atoms with E-state index < -0.39 is 0 Å². The third kappa shape index (κ3) is 24.8. The highest BCUT2D eigenvalue weighted by Gasteiger charge is 2.29. The van der Waals surface area contributed by atoms with Crippen LogP contribution in [0.5, 0.6) is 0 Å². The molecule has 0 fully saturated rings. The lowest BCUT2D eigenvalue weighted by Crippen LogP contribution is -2.24. The Morgan fingerprint density at radius 2 is 0.516 bits per heavy atom. The molecule has 4 aromatic rings. The van der Waals surface area contributed by atoms with Crippen LogP contribution in [-0.4, -0.2) is 19.9 Å². The first kappa shape index (κ1) is 67.2. The fourth-order valence-corrected chi connectivity index (χ4v) is 6.48. The Labute approximate surface area is 401 Å². The van der Waals surface area contributed by atoms with Gasteiger partial charge in [0.1, 0.15) is 0 Å². The molecule has 0 bridgehead atoms. The minimum Gasteiger partial charge on any atom is -0.264 e. The predicted molar refractivity (Wildman–Crippen MR) is 292 cm³/mol. The average molecular weight is 886 g/mol. The van der Waals surface area contributed by atoms with Gasteiger partial charge in [-0.15, -0.1) is 0 Å². The summed E-state index contributed by atoms with van der Waals surface area (Å²) >= 11 is 0. The van der Waals surface area contributed by atoms with Gasteiger partial charge in [-0.1, -0.05) is 252 Å². The van der Waals surface area contributed by atoms with E-state index in [9.17, 15) is 0 Å². The van der Waals surface area contributed by atoms with Crippen molar-refractivity contribution < 1.29 is 0 Å². The first-order valence-corrected chi connectivity index (χ1v) is 24.7. The summed E-state index contributed by atoms with van der Waals surface area (Å²) in [5, 5.41) is 0. The van der Waals surface area contributed by atoms with Crippen molar-refractivity contribution in [2.75, 3.05) is 0 Å². The van der Waals surface area contributed by atoms with Crippen LogP contribution >= 0.6 is 0 Å². The van der Waals surface area contributed by atoms with Gasteiger partial charge in [-0.05, 0) is 67.0 Å². The van der Waals surface area contributed by atoms with Gasteiger partial charge < -0.3 is 0 Å². The van der Waals surface area contributed by atoms with Gasteiger partial charge in [-0.25, -0.2) is 0 Å². The van der Waals surface area contributed by atoms with Crippen LogP contribution in [0.15, 0.2) is 73.4 Å². The molecule has 0 saturated heterocycles. The summed E-state index contributed by atoms with van der Waals surface area (Å²) in [4.78, 5) is 17.6. The van der Waals surface area contributed by atoms with Crippen molar-refractivity contribution in [1.29, 1.82) is 0 Å². The lowest BCUT2D eigenvalue weighted by molar-refractivity contribution is 0.498. The van der Waals surface area contributed by atoms with Gasteiger partial charge >= 0.3 is 0 Å². The predicted octanol–water partition coefficient (Wildman–Crippen LogP) is 18.8. The molecular weight excluding hydrogens is 777 g/mol. The zero-order valence-corrected chi connectivity index (χ0v) is 48.7. The molecule has 0 saturated carbocycles. The van der Waals surface area contributed by atoms with Gasteiger partial charge in [0, 0.05) is 52.9 Å². The molecule has 0 aliphatic rings. The molecule has 0 unspecified atom stereocenters. The fraction of sp³-hybridized carbons (Fsp3) is 0.667. The van der Waals surface area contributed by atoms with Crippen LogP contribution < -0.4 is 0 Å². The first-order valence-electron chi connectivity index (χ1n) is 24.7. The number of pyridine rings is 2. The highest BCUT2D eigenvalue weighted by atomic mass is 14.8. The Balaban J connectivity index is -0.000000355. The molecule has 0 amide bonds. The van der Waals surface area contributed by atoms with Gasteiger partial charge in [0.15, 0.2) is 0 Å². The molecule has 64 heavy (non-hydrogen) atoms. The van der Waals surface area contributed by atoms with Crippen LogP contribution in [0.2, 0.25) is 0 Å². The smallest absolute Gasteiger partial charge is 0.0677 e. The zero-order valence-electron chi connectivity index (χ0n) is 48.7. The molecule has 0 atom stereocenters. The Bertz CT molecular complexity index is 1390. The van der Waals surface area contributed by atoms with E-state index in [1.54, 1.807) is 12.4 Å². The quantitative estimate of drug-likeness (QED) is 0.177.